The molecule has 2 saturated heterocycles. The van der Waals surface area contributed by atoms with Crippen molar-refractivity contribution in [2.24, 2.45) is 0 Å². The number of fused-ring (bicyclic) bond motifs is 1. The molecule has 2 unspecified atom stereocenters. The fourth-order valence-electron chi connectivity index (χ4n) is 1.11. The van der Waals surface area contributed by atoms with Crippen molar-refractivity contribution in [3.8, 4) is 0 Å². The van der Waals surface area contributed by atoms with Gasteiger partial charge in [0, 0.05) is 11.5 Å². The highest BCUT2D eigenvalue weighted by Gasteiger charge is 2.37. The lowest BCUT2D eigenvalue weighted by Crippen LogP contribution is -2.29. The molecule has 0 radical (unpaired) electrons. The molecular weight excluding hydrogens is 138 g/mol. The largest absolute Gasteiger partial charge is 0.443 e. The molecule has 2 heterocycles. The summed E-state index contributed by atoms with van der Waals surface area (Å²) in [6.07, 6.45) is -0.0900. The van der Waals surface area contributed by atoms with Crippen LogP contribution in [-0.4, -0.2) is 29.7 Å². The molecule has 2 fully saturated rings. The van der Waals surface area contributed by atoms with E-state index in [9.17, 15) is 4.79 Å². The Balaban J connectivity index is 2.09. The normalized spacial score (nSPS) is 39.8. The third-order valence-corrected chi connectivity index (χ3v) is 2.75. The Kier molecular flexibility index (Phi) is 1.08. The molecule has 9 heavy (non-hydrogen) atoms. The second-order valence-corrected chi connectivity index (χ2v) is 3.31. The Morgan fingerprint density at radius 3 is 3.33 bits per heavy atom. The van der Waals surface area contributed by atoms with Gasteiger partial charge in [-0.2, -0.15) is 11.8 Å². The molecule has 0 spiro atoms. The summed E-state index contributed by atoms with van der Waals surface area (Å²) in [6.45, 7) is 0. The third kappa shape index (κ3) is 0.775. The van der Waals surface area contributed by atoms with Crippen molar-refractivity contribution in [2.75, 3.05) is 11.5 Å². The van der Waals surface area contributed by atoms with E-state index in [1.807, 2.05) is 11.8 Å². The fraction of sp³-hybridized carbons (Fsp3) is 0.800. The van der Waals surface area contributed by atoms with Crippen LogP contribution >= 0.6 is 11.8 Å². The molecule has 2 atom stereocenters. The van der Waals surface area contributed by atoms with E-state index in [0.29, 0.717) is 6.04 Å². The van der Waals surface area contributed by atoms with Crippen LogP contribution in [0.1, 0.15) is 0 Å². The van der Waals surface area contributed by atoms with Crippen molar-refractivity contribution >= 4 is 17.9 Å². The number of carbonyl (C=O) groups is 1. The molecule has 0 aromatic heterocycles. The van der Waals surface area contributed by atoms with Gasteiger partial charge in [0.25, 0.3) is 0 Å². The zero-order chi connectivity index (χ0) is 6.27. The van der Waals surface area contributed by atoms with Gasteiger partial charge in [0.1, 0.15) is 6.10 Å². The Hall–Kier alpha value is -0.380. The summed E-state index contributed by atoms with van der Waals surface area (Å²) in [5.41, 5.74) is 0. The van der Waals surface area contributed by atoms with Crippen LogP contribution in [-0.2, 0) is 4.74 Å². The van der Waals surface area contributed by atoms with Crippen LogP contribution in [0.2, 0.25) is 0 Å². The van der Waals surface area contributed by atoms with Crippen LogP contribution in [0.15, 0.2) is 0 Å². The Labute approximate surface area is 57.1 Å². The summed E-state index contributed by atoms with van der Waals surface area (Å²) in [5.74, 6) is 1.97. The third-order valence-electron chi connectivity index (χ3n) is 1.59. The maximum absolute atomic E-state index is 10.5. The van der Waals surface area contributed by atoms with Crippen molar-refractivity contribution in [1.29, 1.82) is 0 Å². The molecule has 0 aliphatic carbocycles. The van der Waals surface area contributed by atoms with Gasteiger partial charge in [-0.3, -0.25) is 0 Å². The molecule has 2 aliphatic rings. The number of amides is 1. The van der Waals surface area contributed by atoms with Gasteiger partial charge in [0.15, 0.2) is 0 Å². The van der Waals surface area contributed by atoms with Crippen LogP contribution in [0.4, 0.5) is 4.79 Å². The van der Waals surface area contributed by atoms with Crippen molar-refractivity contribution in [3.63, 3.8) is 0 Å². The maximum Gasteiger partial charge on any atom is 0.407 e. The molecule has 1 amide bonds. The first-order chi connectivity index (χ1) is 4.36. The molecule has 0 saturated carbocycles. The molecule has 2 aliphatic heterocycles. The quantitative estimate of drug-likeness (QED) is 0.529. The van der Waals surface area contributed by atoms with Crippen LogP contribution in [0.25, 0.3) is 0 Å². The van der Waals surface area contributed by atoms with E-state index >= 15 is 0 Å². The molecule has 0 aromatic carbocycles. The standard InChI is InChI=1S/C5H7NO2S/c7-5-6-3-1-9-2-4(3)8-5/h3-4H,1-2H2,(H,6,7). The molecular formula is C5H7NO2S. The highest BCUT2D eigenvalue weighted by atomic mass is 32.2. The lowest BCUT2D eigenvalue weighted by Gasteiger charge is -2.00. The Morgan fingerprint density at radius 1 is 1.67 bits per heavy atom. The maximum atomic E-state index is 10.5. The summed E-state index contributed by atoms with van der Waals surface area (Å²) < 4.78 is 4.91. The van der Waals surface area contributed by atoms with Crippen molar-refractivity contribution in [3.05, 3.63) is 0 Å². The zero-order valence-electron chi connectivity index (χ0n) is 4.79. The number of hydrogen-bond donors (Lipinski definition) is 1. The van der Waals surface area contributed by atoms with E-state index < -0.39 is 0 Å². The second-order valence-electron chi connectivity index (χ2n) is 2.23. The number of rotatable bonds is 0. The van der Waals surface area contributed by atoms with Crippen LogP contribution in [0.5, 0.6) is 0 Å². The predicted molar refractivity (Wildman–Crippen MR) is 34.5 cm³/mol. The first kappa shape index (κ1) is 5.41. The van der Waals surface area contributed by atoms with E-state index in [1.165, 1.54) is 0 Å². The highest BCUT2D eigenvalue weighted by molar-refractivity contribution is 7.99. The van der Waals surface area contributed by atoms with Gasteiger partial charge >= 0.3 is 6.09 Å². The number of nitrogens with one attached hydrogen (secondary N) is 1. The van der Waals surface area contributed by atoms with Gasteiger partial charge < -0.3 is 10.1 Å². The molecule has 4 heteroatoms. The smallest absolute Gasteiger partial charge is 0.407 e. The lowest BCUT2D eigenvalue weighted by atomic mass is 10.2. The van der Waals surface area contributed by atoms with E-state index in [-0.39, 0.29) is 12.2 Å². The second kappa shape index (κ2) is 1.80. The fourth-order valence-corrected chi connectivity index (χ4v) is 2.33. The minimum absolute atomic E-state index is 0.155. The monoisotopic (exact) mass is 145 g/mol. The van der Waals surface area contributed by atoms with Gasteiger partial charge in [-0.1, -0.05) is 0 Å². The number of hydrogen-bond acceptors (Lipinski definition) is 3. The summed E-state index contributed by atoms with van der Waals surface area (Å²) in [7, 11) is 0. The number of ether oxygens (including phenoxy) is 1. The van der Waals surface area contributed by atoms with Crippen molar-refractivity contribution in [1.82, 2.24) is 5.32 Å². The van der Waals surface area contributed by atoms with E-state index in [2.05, 4.69) is 5.32 Å². The molecule has 0 bridgehead atoms. The van der Waals surface area contributed by atoms with Gasteiger partial charge in [-0.25, -0.2) is 4.79 Å². The Morgan fingerprint density at radius 2 is 2.56 bits per heavy atom. The van der Waals surface area contributed by atoms with E-state index in [1.54, 1.807) is 0 Å². The Bertz CT molecular complexity index is 136. The van der Waals surface area contributed by atoms with Gasteiger partial charge in [0.05, 0.1) is 6.04 Å². The summed E-state index contributed by atoms with van der Waals surface area (Å²) >= 11 is 1.83. The van der Waals surface area contributed by atoms with E-state index in [4.69, 9.17) is 4.74 Å². The summed E-state index contributed by atoms with van der Waals surface area (Å²) in [4.78, 5) is 10.5. The molecule has 0 aromatic rings. The average Bonchev–Trinajstić information content (AvgIpc) is 2.22. The summed E-state index contributed by atoms with van der Waals surface area (Å²) in [5, 5.41) is 2.73. The SMILES string of the molecule is O=C1NC2CSCC2O1. The minimum atomic E-state index is -0.245. The lowest BCUT2D eigenvalue weighted by molar-refractivity contribution is 0.147. The topological polar surface area (TPSA) is 38.3 Å². The van der Waals surface area contributed by atoms with Gasteiger partial charge in [-0.05, 0) is 0 Å². The zero-order valence-corrected chi connectivity index (χ0v) is 5.61. The van der Waals surface area contributed by atoms with Crippen molar-refractivity contribution in [2.45, 2.75) is 12.1 Å². The molecule has 2 rings (SSSR count). The number of alkyl carbamates (subject to hydrolysis) is 1. The predicted octanol–water partition coefficient (Wildman–Crippen LogP) is 0.210. The number of thioether (sulfide) groups is 1. The highest BCUT2D eigenvalue weighted by Crippen LogP contribution is 2.24. The molecule has 50 valence electrons. The average molecular weight is 145 g/mol. The minimum Gasteiger partial charge on any atom is -0.443 e. The van der Waals surface area contributed by atoms with Crippen LogP contribution in [0, 0.1) is 0 Å². The van der Waals surface area contributed by atoms with Crippen LogP contribution < -0.4 is 5.32 Å². The molecule has 1 N–H and O–H groups in total. The van der Waals surface area contributed by atoms with E-state index in [0.717, 1.165) is 11.5 Å². The van der Waals surface area contributed by atoms with Gasteiger partial charge in [0.2, 0.25) is 0 Å². The molecule has 3 nitrogen and oxygen atoms in total. The van der Waals surface area contributed by atoms with Gasteiger partial charge in [-0.15, -0.1) is 0 Å². The number of carbonyl (C=O) groups excluding carboxylic acids is 1. The van der Waals surface area contributed by atoms with Crippen molar-refractivity contribution < 1.29 is 9.53 Å². The first-order valence-electron chi connectivity index (χ1n) is 2.91. The summed E-state index contributed by atoms with van der Waals surface area (Å²) in [6, 6.07) is 0.294. The van der Waals surface area contributed by atoms with Crippen LogP contribution in [0.3, 0.4) is 0 Å². The first-order valence-corrected chi connectivity index (χ1v) is 4.06.